The maximum Gasteiger partial charge on any atom is 0.356 e. The Kier molecular flexibility index (Phi) is 3.89. The first-order chi connectivity index (χ1) is 11.0. The number of carbonyl (C=O) groups is 1. The van der Waals surface area contributed by atoms with Crippen LogP contribution in [0.2, 0.25) is 0 Å². The van der Waals surface area contributed by atoms with Crippen molar-refractivity contribution >= 4 is 6.03 Å². The van der Waals surface area contributed by atoms with E-state index in [1.807, 2.05) is 0 Å². The van der Waals surface area contributed by atoms with Crippen LogP contribution in [-0.2, 0) is 0 Å². The van der Waals surface area contributed by atoms with E-state index in [-0.39, 0.29) is 0 Å². The van der Waals surface area contributed by atoms with Gasteiger partial charge in [-0.3, -0.25) is 10.6 Å². The number of urea groups is 1. The standard InChI is InChI=1S/C16H16FN3O3/c1-19(2)18-16(21)20(22)15-11-5-3-4-6-13(11)23-14-8-7-10(17)9-12(14)15/h3-9,15,22H,1-2H3,(H,18,21). The largest absolute Gasteiger partial charge is 0.457 e. The lowest BCUT2D eigenvalue weighted by Crippen LogP contribution is -2.46. The molecule has 0 bridgehead atoms. The highest BCUT2D eigenvalue weighted by Gasteiger charge is 2.34. The maximum atomic E-state index is 13.7. The molecule has 1 atom stereocenters. The fourth-order valence-corrected chi connectivity index (χ4v) is 2.53. The van der Waals surface area contributed by atoms with Crippen molar-refractivity contribution in [2.45, 2.75) is 6.04 Å². The molecule has 2 amide bonds. The first-order valence-electron chi connectivity index (χ1n) is 6.99. The maximum absolute atomic E-state index is 13.7. The molecule has 6 nitrogen and oxygen atoms in total. The van der Waals surface area contributed by atoms with Gasteiger partial charge in [0.1, 0.15) is 23.4 Å². The van der Waals surface area contributed by atoms with Gasteiger partial charge in [-0.15, -0.1) is 0 Å². The predicted octanol–water partition coefficient (Wildman–Crippen LogP) is 2.90. The van der Waals surface area contributed by atoms with Gasteiger partial charge in [0.05, 0.1) is 0 Å². The molecular weight excluding hydrogens is 301 g/mol. The minimum absolute atomic E-state index is 0.375. The van der Waals surface area contributed by atoms with Gasteiger partial charge >= 0.3 is 6.03 Å². The van der Waals surface area contributed by atoms with E-state index in [4.69, 9.17) is 4.74 Å². The Bertz CT molecular complexity index is 751. The normalized spacial score (nSPS) is 15.4. The van der Waals surface area contributed by atoms with Crippen LogP contribution in [0.25, 0.3) is 0 Å². The smallest absolute Gasteiger partial charge is 0.356 e. The summed E-state index contributed by atoms with van der Waals surface area (Å²) in [6, 6.07) is 9.39. The lowest BCUT2D eigenvalue weighted by atomic mass is 9.94. The number of benzene rings is 2. The van der Waals surface area contributed by atoms with Crippen molar-refractivity contribution in [3.8, 4) is 11.5 Å². The Labute approximate surface area is 132 Å². The number of para-hydroxylation sites is 1. The lowest BCUT2D eigenvalue weighted by Gasteiger charge is -2.33. The minimum Gasteiger partial charge on any atom is -0.457 e. The second-order valence-electron chi connectivity index (χ2n) is 5.38. The molecule has 1 heterocycles. The van der Waals surface area contributed by atoms with E-state index in [9.17, 15) is 14.4 Å². The molecule has 1 aliphatic heterocycles. The average molecular weight is 317 g/mol. The summed E-state index contributed by atoms with van der Waals surface area (Å²) in [4.78, 5) is 12.1. The Balaban J connectivity index is 2.08. The number of halogens is 1. The van der Waals surface area contributed by atoms with E-state index < -0.39 is 17.9 Å². The van der Waals surface area contributed by atoms with Crippen LogP contribution >= 0.6 is 0 Å². The molecule has 0 aromatic heterocycles. The third-order valence-electron chi connectivity index (χ3n) is 3.47. The predicted molar refractivity (Wildman–Crippen MR) is 80.6 cm³/mol. The van der Waals surface area contributed by atoms with Crippen molar-refractivity contribution in [3.05, 3.63) is 59.4 Å². The molecule has 0 aliphatic carbocycles. The van der Waals surface area contributed by atoms with Crippen LogP contribution in [0.3, 0.4) is 0 Å². The van der Waals surface area contributed by atoms with Crippen molar-refractivity contribution in [1.29, 1.82) is 0 Å². The van der Waals surface area contributed by atoms with Crippen LogP contribution in [0, 0.1) is 5.82 Å². The number of nitrogens with one attached hydrogen (secondary N) is 1. The summed E-state index contributed by atoms with van der Waals surface area (Å²) < 4.78 is 19.4. The molecule has 23 heavy (non-hydrogen) atoms. The summed E-state index contributed by atoms with van der Waals surface area (Å²) in [6.07, 6.45) is 0. The molecule has 2 aromatic carbocycles. The Hall–Kier alpha value is -2.64. The van der Waals surface area contributed by atoms with Crippen molar-refractivity contribution in [2.75, 3.05) is 14.1 Å². The zero-order valence-electron chi connectivity index (χ0n) is 12.7. The molecule has 1 aliphatic rings. The van der Waals surface area contributed by atoms with Gasteiger partial charge in [-0.2, -0.15) is 5.06 Å². The summed E-state index contributed by atoms with van der Waals surface area (Å²) in [7, 11) is 3.24. The molecule has 2 aromatic rings. The summed E-state index contributed by atoms with van der Waals surface area (Å²) in [6.45, 7) is 0. The molecular formula is C16H16FN3O3. The molecule has 3 rings (SSSR count). The van der Waals surface area contributed by atoms with Gasteiger partial charge in [0.2, 0.25) is 0 Å². The topological polar surface area (TPSA) is 65.0 Å². The molecule has 1 unspecified atom stereocenters. The number of rotatable bonds is 2. The Morgan fingerprint density at radius 1 is 1.17 bits per heavy atom. The summed E-state index contributed by atoms with van der Waals surface area (Å²) in [5.74, 6) is 0.429. The molecule has 0 saturated carbocycles. The van der Waals surface area contributed by atoms with Crippen LogP contribution < -0.4 is 10.2 Å². The van der Waals surface area contributed by atoms with E-state index >= 15 is 0 Å². The van der Waals surface area contributed by atoms with Crippen LogP contribution in [0.4, 0.5) is 9.18 Å². The summed E-state index contributed by atoms with van der Waals surface area (Å²) in [5.41, 5.74) is 3.40. The highest BCUT2D eigenvalue weighted by molar-refractivity contribution is 5.74. The van der Waals surface area contributed by atoms with Gasteiger partial charge in [0.25, 0.3) is 0 Å². The Morgan fingerprint density at radius 2 is 1.87 bits per heavy atom. The van der Waals surface area contributed by atoms with E-state index in [1.54, 1.807) is 38.4 Å². The van der Waals surface area contributed by atoms with Gasteiger partial charge in [0.15, 0.2) is 0 Å². The fraction of sp³-hybridized carbons (Fsp3) is 0.188. The highest BCUT2D eigenvalue weighted by atomic mass is 19.1. The van der Waals surface area contributed by atoms with Crippen molar-refractivity contribution in [3.63, 3.8) is 0 Å². The number of nitrogens with zero attached hydrogens (tertiary/aromatic N) is 2. The van der Waals surface area contributed by atoms with Crippen molar-refractivity contribution < 1.29 is 19.1 Å². The molecule has 2 N–H and O–H groups in total. The molecule has 120 valence electrons. The average Bonchev–Trinajstić information content (AvgIpc) is 2.51. The van der Waals surface area contributed by atoms with Gasteiger partial charge in [0, 0.05) is 25.2 Å². The molecule has 0 fully saturated rings. The van der Waals surface area contributed by atoms with Gasteiger partial charge in [-0.05, 0) is 24.3 Å². The summed E-state index contributed by atoms with van der Waals surface area (Å²) >= 11 is 0. The number of hydrazine groups is 1. The third-order valence-corrected chi connectivity index (χ3v) is 3.47. The van der Waals surface area contributed by atoms with E-state index in [2.05, 4.69) is 5.43 Å². The first-order valence-corrected chi connectivity index (χ1v) is 6.99. The van der Waals surface area contributed by atoms with Crippen molar-refractivity contribution in [1.82, 2.24) is 15.5 Å². The quantitative estimate of drug-likeness (QED) is 0.660. The number of fused-ring (bicyclic) bond motifs is 2. The first kappa shape index (κ1) is 15.3. The zero-order valence-corrected chi connectivity index (χ0v) is 12.7. The number of ether oxygens (including phenoxy) is 1. The highest BCUT2D eigenvalue weighted by Crippen LogP contribution is 2.45. The molecule has 7 heteroatoms. The lowest BCUT2D eigenvalue weighted by molar-refractivity contribution is -0.0747. The van der Waals surface area contributed by atoms with E-state index in [0.29, 0.717) is 27.7 Å². The molecule has 0 spiro atoms. The minimum atomic E-state index is -0.870. The molecule has 0 saturated heterocycles. The number of hydrogen-bond donors (Lipinski definition) is 2. The van der Waals surface area contributed by atoms with E-state index in [0.717, 1.165) is 0 Å². The zero-order chi connectivity index (χ0) is 16.6. The van der Waals surface area contributed by atoms with Crippen LogP contribution in [0.15, 0.2) is 42.5 Å². The van der Waals surface area contributed by atoms with Crippen LogP contribution in [0.5, 0.6) is 11.5 Å². The van der Waals surface area contributed by atoms with E-state index in [1.165, 1.54) is 23.2 Å². The summed E-state index contributed by atoms with van der Waals surface area (Å²) in [5, 5.41) is 12.3. The second kappa shape index (κ2) is 5.86. The second-order valence-corrected chi connectivity index (χ2v) is 5.38. The Morgan fingerprint density at radius 3 is 2.61 bits per heavy atom. The SMILES string of the molecule is CN(C)NC(=O)N(O)C1c2ccccc2Oc2ccc(F)cc21. The monoisotopic (exact) mass is 317 g/mol. The third kappa shape index (κ3) is 2.84. The van der Waals surface area contributed by atoms with Crippen LogP contribution in [0.1, 0.15) is 17.2 Å². The van der Waals surface area contributed by atoms with Gasteiger partial charge in [-0.1, -0.05) is 18.2 Å². The number of hydrogen-bond acceptors (Lipinski definition) is 4. The van der Waals surface area contributed by atoms with Crippen LogP contribution in [-0.4, -0.2) is 35.4 Å². The molecule has 0 radical (unpaired) electrons. The fourth-order valence-electron chi connectivity index (χ4n) is 2.53. The van der Waals surface area contributed by atoms with Crippen molar-refractivity contribution in [2.24, 2.45) is 0 Å². The van der Waals surface area contributed by atoms with Gasteiger partial charge in [-0.25, -0.2) is 14.2 Å². The number of amides is 2. The van der Waals surface area contributed by atoms with Gasteiger partial charge < -0.3 is 4.74 Å². The number of carbonyl (C=O) groups excluding carboxylic acids is 1. The number of hydroxylamine groups is 2.